The summed E-state index contributed by atoms with van der Waals surface area (Å²) in [4.78, 5) is 4.04. The van der Waals surface area contributed by atoms with Crippen LogP contribution in [-0.2, 0) is 10.0 Å². The lowest BCUT2D eigenvalue weighted by molar-refractivity contribution is 0.600. The van der Waals surface area contributed by atoms with Gasteiger partial charge in [0.1, 0.15) is 5.82 Å². The minimum atomic E-state index is -3.82. The molecule has 1 aromatic carbocycles. The fraction of sp³-hybridized carbons (Fsp3) is 0.143. The highest BCUT2D eigenvalue weighted by molar-refractivity contribution is 7.92. The Balaban J connectivity index is 2.46. The fourth-order valence-electron chi connectivity index (χ4n) is 1.84. The van der Waals surface area contributed by atoms with E-state index in [1.54, 1.807) is 32.0 Å². The highest BCUT2D eigenvalue weighted by Gasteiger charge is 2.19. The number of hydrogen-bond donors (Lipinski definition) is 2. The molecule has 6 nitrogen and oxygen atoms in total. The molecule has 0 saturated heterocycles. The van der Waals surface area contributed by atoms with E-state index in [0.717, 1.165) is 0 Å². The van der Waals surface area contributed by atoms with Crippen LogP contribution in [0.2, 0.25) is 0 Å². The van der Waals surface area contributed by atoms with E-state index in [2.05, 4.69) is 9.71 Å². The second-order valence-electron chi connectivity index (χ2n) is 4.63. The van der Waals surface area contributed by atoms with Crippen LogP contribution in [0.3, 0.4) is 0 Å². The van der Waals surface area contributed by atoms with Crippen LogP contribution in [0, 0.1) is 25.2 Å². The molecule has 0 aliphatic rings. The van der Waals surface area contributed by atoms with Gasteiger partial charge < -0.3 is 5.73 Å². The Kier molecular flexibility index (Phi) is 3.82. The van der Waals surface area contributed by atoms with Gasteiger partial charge in [-0.05, 0) is 43.2 Å². The number of aryl methyl sites for hydroxylation is 2. The minimum Gasteiger partial charge on any atom is -0.397 e. The lowest BCUT2D eigenvalue weighted by atomic mass is 10.2. The monoisotopic (exact) mass is 302 g/mol. The first-order valence-electron chi connectivity index (χ1n) is 6.09. The molecule has 0 saturated carbocycles. The van der Waals surface area contributed by atoms with Crippen LogP contribution in [0.5, 0.6) is 0 Å². The summed E-state index contributed by atoms with van der Waals surface area (Å²) in [6.07, 6.45) is 1.38. The summed E-state index contributed by atoms with van der Waals surface area (Å²) in [6, 6.07) is 8.06. The van der Waals surface area contributed by atoms with Gasteiger partial charge in [-0.1, -0.05) is 6.07 Å². The number of nitrogens with two attached hydrogens (primary N) is 1. The Bertz CT molecular complexity index is 839. The molecule has 3 N–H and O–H groups in total. The molecule has 0 fully saturated rings. The van der Waals surface area contributed by atoms with Crippen molar-refractivity contribution in [1.29, 1.82) is 5.26 Å². The summed E-state index contributed by atoms with van der Waals surface area (Å²) in [5.74, 6) is 0.214. The molecule has 2 rings (SSSR count). The number of aromatic nitrogens is 1. The first kappa shape index (κ1) is 14.8. The number of sulfonamides is 1. The Labute approximate surface area is 123 Å². The largest absolute Gasteiger partial charge is 0.397 e. The number of rotatable bonds is 3. The van der Waals surface area contributed by atoms with Crippen molar-refractivity contribution in [2.24, 2.45) is 0 Å². The predicted molar refractivity (Wildman–Crippen MR) is 80.1 cm³/mol. The lowest BCUT2D eigenvalue weighted by Gasteiger charge is -2.12. The molecule has 0 bridgehead atoms. The van der Waals surface area contributed by atoms with Gasteiger partial charge in [-0.3, -0.25) is 4.72 Å². The van der Waals surface area contributed by atoms with Crippen LogP contribution in [-0.4, -0.2) is 13.4 Å². The molecule has 2 aromatic rings. The first-order valence-corrected chi connectivity index (χ1v) is 7.57. The van der Waals surface area contributed by atoms with Gasteiger partial charge in [0.15, 0.2) is 0 Å². The number of nitrogen functional groups attached to an aromatic ring is 1. The number of benzene rings is 1. The zero-order chi connectivity index (χ0) is 15.6. The number of nitriles is 1. The number of nitrogens with zero attached hydrogens (tertiary/aromatic N) is 2. The van der Waals surface area contributed by atoms with Crippen molar-refractivity contribution in [1.82, 2.24) is 4.98 Å². The maximum atomic E-state index is 12.4. The van der Waals surface area contributed by atoms with Crippen molar-refractivity contribution < 1.29 is 8.42 Å². The summed E-state index contributed by atoms with van der Waals surface area (Å²) in [6.45, 7) is 3.37. The van der Waals surface area contributed by atoms with Gasteiger partial charge in [-0.2, -0.15) is 5.26 Å². The Hall–Kier alpha value is -2.59. The third kappa shape index (κ3) is 3.12. The fourth-order valence-corrected chi connectivity index (χ4v) is 3.20. The maximum absolute atomic E-state index is 12.4. The molecule has 7 heteroatoms. The van der Waals surface area contributed by atoms with E-state index >= 15 is 0 Å². The molecule has 0 amide bonds. The molecular formula is C14H14N4O2S. The quantitative estimate of drug-likeness (QED) is 0.900. The van der Waals surface area contributed by atoms with E-state index in [1.807, 2.05) is 6.07 Å². The molecule has 0 atom stereocenters. The maximum Gasteiger partial charge on any atom is 0.263 e. The van der Waals surface area contributed by atoms with Gasteiger partial charge in [0.25, 0.3) is 10.0 Å². The van der Waals surface area contributed by atoms with Crippen molar-refractivity contribution >= 4 is 21.5 Å². The normalized spacial score (nSPS) is 10.9. The molecule has 0 aliphatic heterocycles. The number of pyridine rings is 1. The van der Waals surface area contributed by atoms with E-state index in [0.29, 0.717) is 16.8 Å². The zero-order valence-corrected chi connectivity index (χ0v) is 12.4. The van der Waals surface area contributed by atoms with E-state index < -0.39 is 10.0 Å². The van der Waals surface area contributed by atoms with E-state index in [9.17, 15) is 8.42 Å². The van der Waals surface area contributed by atoms with Gasteiger partial charge in [-0.15, -0.1) is 0 Å². The van der Waals surface area contributed by atoms with Crippen LogP contribution >= 0.6 is 0 Å². The van der Waals surface area contributed by atoms with Crippen LogP contribution in [0.25, 0.3) is 0 Å². The van der Waals surface area contributed by atoms with Gasteiger partial charge >= 0.3 is 0 Å². The van der Waals surface area contributed by atoms with Crippen molar-refractivity contribution in [2.45, 2.75) is 18.7 Å². The van der Waals surface area contributed by atoms with Crippen molar-refractivity contribution in [3.05, 3.63) is 47.2 Å². The van der Waals surface area contributed by atoms with Crippen LogP contribution in [0.1, 0.15) is 16.7 Å². The SMILES string of the molecule is Cc1ccc(C#N)cc1S(=O)(=O)Nc1ncc(N)cc1C. The molecule has 0 unspecified atom stereocenters. The van der Waals surface area contributed by atoms with E-state index in [4.69, 9.17) is 11.0 Å². The third-order valence-electron chi connectivity index (χ3n) is 2.94. The Morgan fingerprint density at radius 2 is 1.95 bits per heavy atom. The first-order chi connectivity index (χ1) is 9.83. The second kappa shape index (κ2) is 5.42. The third-order valence-corrected chi connectivity index (χ3v) is 4.42. The summed E-state index contributed by atoms with van der Waals surface area (Å²) in [7, 11) is -3.82. The molecule has 108 valence electrons. The highest BCUT2D eigenvalue weighted by Crippen LogP contribution is 2.22. The van der Waals surface area contributed by atoms with Crippen molar-refractivity contribution in [3.63, 3.8) is 0 Å². The van der Waals surface area contributed by atoms with E-state index in [-0.39, 0.29) is 16.3 Å². The molecule has 1 aromatic heterocycles. The highest BCUT2D eigenvalue weighted by atomic mass is 32.2. The predicted octanol–water partition coefficient (Wildman–Crippen LogP) is 1.95. The Morgan fingerprint density at radius 3 is 2.57 bits per heavy atom. The number of hydrogen-bond acceptors (Lipinski definition) is 5. The van der Waals surface area contributed by atoms with Crippen molar-refractivity contribution in [2.75, 3.05) is 10.5 Å². The smallest absolute Gasteiger partial charge is 0.263 e. The average Bonchev–Trinajstić information content (AvgIpc) is 2.42. The number of nitrogens with one attached hydrogen (secondary N) is 1. The summed E-state index contributed by atoms with van der Waals surface area (Å²) in [5.41, 5.74) is 7.49. The second-order valence-corrected chi connectivity index (χ2v) is 6.28. The standard InChI is InChI=1S/C14H14N4O2S/c1-9-3-4-11(7-15)6-13(9)21(19,20)18-14-10(2)5-12(16)8-17-14/h3-6,8H,16H2,1-2H3,(H,17,18). The van der Waals surface area contributed by atoms with E-state index in [1.165, 1.54) is 12.3 Å². The van der Waals surface area contributed by atoms with Crippen LogP contribution in [0.4, 0.5) is 11.5 Å². The molecule has 21 heavy (non-hydrogen) atoms. The molecule has 0 radical (unpaired) electrons. The molecular weight excluding hydrogens is 288 g/mol. The summed E-state index contributed by atoms with van der Waals surface area (Å²) in [5, 5.41) is 8.89. The van der Waals surface area contributed by atoms with Crippen LogP contribution in [0.15, 0.2) is 35.4 Å². The van der Waals surface area contributed by atoms with Gasteiger partial charge in [0.2, 0.25) is 0 Å². The van der Waals surface area contributed by atoms with Crippen LogP contribution < -0.4 is 10.5 Å². The molecule has 0 aliphatic carbocycles. The lowest BCUT2D eigenvalue weighted by Crippen LogP contribution is -2.16. The topological polar surface area (TPSA) is 109 Å². The van der Waals surface area contributed by atoms with Gasteiger partial charge in [-0.25, -0.2) is 13.4 Å². The summed E-state index contributed by atoms with van der Waals surface area (Å²) >= 11 is 0. The summed E-state index contributed by atoms with van der Waals surface area (Å²) < 4.78 is 27.3. The number of anilines is 2. The average molecular weight is 302 g/mol. The van der Waals surface area contributed by atoms with Gasteiger partial charge in [0, 0.05) is 0 Å². The minimum absolute atomic E-state index is 0.0552. The van der Waals surface area contributed by atoms with Gasteiger partial charge in [0.05, 0.1) is 28.4 Å². The van der Waals surface area contributed by atoms with Crippen molar-refractivity contribution in [3.8, 4) is 6.07 Å². The Morgan fingerprint density at radius 1 is 1.24 bits per heavy atom. The zero-order valence-electron chi connectivity index (χ0n) is 11.6. The molecule has 0 spiro atoms. The molecule has 1 heterocycles.